The molecule has 0 bridgehead atoms. The number of rotatable bonds is 6. The van der Waals surface area contributed by atoms with Crippen molar-refractivity contribution in [3.8, 4) is 6.01 Å². The van der Waals surface area contributed by atoms with Gasteiger partial charge in [0.25, 0.3) is 5.03 Å². The van der Waals surface area contributed by atoms with Gasteiger partial charge in [0.1, 0.15) is 11.9 Å². The van der Waals surface area contributed by atoms with E-state index in [1.807, 2.05) is 6.92 Å². The monoisotopic (exact) mass is 445 g/mol. The largest absolute Gasteiger partial charge is 0.610 e. The Morgan fingerprint density at radius 1 is 1.33 bits per heavy atom. The van der Waals surface area contributed by atoms with Crippen LogP contribution in [0, 0.1) is 0 Å². The first-order chi connectivity index (χ1) is 14.2. The summed E-state index contributed by atoms with van der Waals surface area (Å²) in [5.74, 6) is 0.273. The molecule has 1 aliphatic heterocycles. The minimum Gasteiger partial charge on any atom is -0.610 e. The second kappa shape index (κ2) is 9.25. The molecule has 1 amide bonds. The lowest BCUT2D eigenvalue weighted by atomic mass is 10.1. The summed E-state index contributed by atoms with van der Waals surface area (Å²) in [4.78, 5) is 20.7. The van der Waals surface area contributed by atoms with Crippen molar-refractivity contribution >= 4 is 28.2 Å². The number of nitrogens with zero attached hydrogens (tertiary/aromatic N) is 3. The lowest BCUT2D eigenvalue weighted by molar-refractivity contribution is -0.137. The Hall–Kier alpha value is -2.27. The van der Waals surface area contributed by atoms with E-state index in [9.17, 15) is 22.5 Å². The Morgan fingerprint density at radius 3 is 2.63 bits per heavy atom. The number of benzene rings is 1. The highest BCUT2D eigenvalue weighted by atomic mass is 32.2. The van der Waals surface area contributed by atoms with Crippen LogP contribution in [0.1, 0.15) is 38.2 Å². The van der Waals surface area contributed by atoms with E-state index in [1.54, 1.807) is 0 Å². The van der Waals surface area contributed by atoms with Gasteiger partial charge in [-0.15, -0.1) is 4.98 Å². The van der Waals surface area contributed by atoms with Gasteiger partial charge in [-0.05, 0) is 24.6 Å². The number of hydrogen-bond donors (Lipinski definition) is 1. The number of halogens is 3. The summed E-state index contributed by atoms with van der Waals surface area (Å²) >= 11 is -1.61. The van der Waals surface area contributed by atoms with Crippen LogP contribution in [0.25, 0.3) is 10.9 Å². The quantitative estimate of drug-likeness (QED) is 0.532. The minimum absolute atomic E-state index is 0.0255. The fourth-order valence-electron chi connectivity index (χ4n) is 3.17. The van der Waals surface area contributed by atoms with E-state index >= 15 is 0 Å². The first kappa shape index (κ1) is 22.4. The molecule has 2 heterocycles. The molecule has 0 saturated carbocycles. The number of carbonyl (C=O) groups is 1. The third-order valence-corrected chi connectivity index (χ3v) is 6.25. The third kappa shape index (κ3) is 5.25. The molecular weight excluding hydrogens is 423 g/mol. The lowest BCUT2D eigenvalue weighted by Crippen LogP contribution is -2.41. The predicted molar refractivity (Wildman–Crippen MR) is 104 cm³/mol. The first-order valence-corrected chi connectivity index (χ1v) is 10.9. The zero-order valence-corrected chi connectivity index (χ0v) is 17.1. The molecule has 0 spiro atoms. The fourth-order valence-corrected chi connectivity index (χ4v) is 4.50. The fraction of sp³-hybridized carbons (Fsp3) is 0.526. The van der Waals surface area contributed by atoms with Gasteiger partial charge in [-0.1, -0.05) is 13.3 Å². The van der Waals surface area contributed by atoms with E-state index in [0.717, 1.165) is 18.6 Å². The molecule has 1 aromatic heterocycles. The Labute approximate surface area is 174 Å². The van der Waals surface area contributed by atoms with Gasteiger partial charge in [-0.3, -0.25) is 0 Å². The summed E-state index contributed by atoms with van der Waals surface area (Å²) in [6, 6.07) is 3.00. The third-order valence-electron chi connectivity index (χ3n) is 4.85. The van der Waals surface area contributed by atoms with E-state index in [2.05, 4.69) is 9.97 Å². The van der Waals surface area contributed by atoms with Gasteiger partial charge in [-0.2, -0.15) is 18.2 Å². The van der Waals surface area contributed by atoms with E-state index in [1.165, 1.54) is 11.0 Å². The van der Waals surface area contributed by atoms with Gasteiger partial charge in [0.05, 0.1) is 16.5 Å². The number of likely N-dealkylation sites (tertiary alicyclic amines) is 1. The van der Waals surface area contributed by atoms with Gasteiger partial charge in [0, 0.05) is 37.1 Å². The molecule has 30 heavy (non-hydrogen) atoms. The molecule has 0 aliphatic carbocycles. The SMILES string of the molecule is CCCC[S+]([O-])c1nc(OC2CCN(C(=O)O)CC2)nc2ccc(C(F)(F)F)cc12. The van der Waals surface area contributed by atoms with Crippen LogP contribution in [0.5, 0.6) is 6.01 Å². The van der Waals surface area contributed by atoms with E-state index in [-0.39, 0.29) is 33.8 Å². The van der Waals surface area contributed by atoms with Crippen LogP contribution in [0.3, 0.4) is 0 Å². The summed E-state index contributed by atoms with van der Waals surface area (Å²) in [7, 11) is 0. The smallest absolute Gasteiger partial charge is 0.416 e. The Bertz CT molecular complexity index is 904. The number of piperidine rings is 1. The Balaban J connectivity index is 1.91. The molecule has 1 unspecified atom stereocenters. The van der Waals surface area contributed by atoms with Gasteiger partial charge in [0.2, 0.25) is 0 Å². The van der Waals surface area contributed by atoms with Crippen LogP contribution >= 0.6 is 0 Å². The van der Waals surface area contributed by atoms with Crippen molar-refractivity contribution in [1.29, 1.82) is 0 Å². The second-order valence-electron chi connectivity index (χ2n) is 7.03. The van der Waals surface area contributed by atoms with Crippen molar-refractivity contribution in [2.75, 3.05) is 18.8 Å². The summed E-state index contributed by atoms with van der Waals surface area (Å²) in [5, 5.41) is 9.14. The predicted octanol–water partition coefficient (Wildman–Crippen LogP) is 4.08. The van der Waals surface area contributed by atoms with E-state index < -0.39 is 29.0 Å². The van der Waals surface area contributed by atoms with Crippen molar-refractivity contribution in [3.63, 3.8) is 0 Å². The van der Waals surface area contributed by atoms with Crippen molar-refractivity contribution < 1.29 is 32.4 Å². The van der Waals surface area contributed by atoms with Crippen LogP contribution in [-0.2, 0) is 17.4 Å². The number of hydrogen-bond acceptors (Lipinski definition) is 5. The Morgan fingerprint density at radius 2 is 2.03 bits per heavy atom. The molecule has 164 valence electrons. The van der Waals surface area contributed by atoms with Crippen LogP contribution in [0.2, 0.25) is 0 Å². The van der Waals surface area contributed by atoms with E-state index in [0.29, 0.717) is 32.4 Å². The number of aromatic nitrogens is 2. The van der Waals surface area contributed by atoms with E-state index in [4.69, 9.17) is 9.84 Å². The number of amides is 1. The highest BCUT2D eigenvalue weighted by Gasteiger charge is 2.32. The number of alkyl halides is 3. The van der Waals surface area contributed by atoms with Crippen molar-refractivity contribution in [2.45, 2.75) is 49.9 Å². The van der Waals surface area contributed by atoms with Gasteiger partial charge < -0.3 is 19.3 Å². The van der Waals surface area contributed by atoms with Gasteiger partial charge >= 0.3 is 18.3 Å². The summed E-state index contributed by atoms with van der Waals surface area (Å²) in [5.41, 5.74) is -0.641. The second-order valence-corrected chi connectivity index (χ2v) is 8.52. The molecule has 2 aromatic rings. The van der Waals surface area contributed by atoms with Crippen LogP contribution in [0.15, 0.2) is 23.2 Å². The van der Waals surface area contributed by atoms with Gasteiger partial charge in [0.15, 0.2) is 0 Å². The summed E-state index contributed by atoms with van der Waals surface area (Å²) < 4.78 is 58.0. The molecule has 1 aromatic carbocycles. The molecule has 1 fully saturated rings. The molecule has 1 atom stereocenters. The van der Waals surface area contributed by atoms with Crippen LogP contribution < -0.4 is 4.74 Å². The molecule has 1 saturated heterocycles. The molecule has 0 radical (unpaired) electrons. The van der Waals surface area contributed by atoms with Crippen LogP contribution in [0.4, 0.5) is 18.0 Å². The highest BCUT2D eigenvalue weighted by Crippen LogP contribution is 2.33. The van der Waals surface area contributed by atoms with Crippen LogP contribution in [-0.4, -0.2) is 55.6 Å². The minimum atomic E-state index is -4.54. The Kier molecular flexibility index (Phi) is 6.91. The van der Waals surface area contributed by atoms with Gasteiger partial charge in [-0.25, -0.2) is 4.79 Å². The average Bonchev–Trinajstić information content (AvgIpc) is 2.70. The summed E-state index contributed by atoms with van der Waals surface area (Å²) in [6.07, 6.45) is -3.56. The maximum Gasteiger partial charge on any atom is 0.416 e. The molecule has 1 aliphatic rings. The molecule has 3 rings (SSSR count). The molecule has 7 nitrogen and oxygen atoms in total. The summed E-state index contributed by atoms with van der Waals surface area (Å²) in [6.45, 7) is 2.53. The average molecular weight is 445 g/mol. The molecule has 11 heteroatoms. The lowest BCUT2D eigenvalue weighted by Gasteiger charge is -2.29. The number of unbranched alkanes of at least 4 members (excludes halogenated alkanes) is 1. The maximum atomic E-state index is 13.1. The molecule has 1 N–H and O–H groups in total. The zero-order chi connectivity index (χ0) is 21.9. The maximum absolute atomic E-state index is 13.1. The topological polar surface area (TPSA) is 98.6 Å². The zero-order valence-electron chi connectivity index (χ0n) is 16.3. The normalized spacial score (nSPS) is 16.6. The molecular formula is C19H22F3N3O4S. The van der Waals surface area contributed by atoms with Crippen molar-refractivity contribution in [3.05, 3.63) is 23.8 Å². The number of ether oxygens (including phenoxy) is 1. The highest BCUT2D eigenvalue weighted by molar-refractivity contribution is 7.91. The number of fused-ring (bicyclic) bond motifs is 1. The first-order valence-electron chi connectivity index (χ1n) is 9.61. The standard InChI is InChI=1S/C19H22F3N3O4S/c1-2-3-10-30(28)16-14-11-12(19(20,21)22)4-5-15(14)23-17(24-16)29-13-6-8-25(9-7-13)18(26)27/h4-5,11,13H,2-3,6-10H2,1H3,(H,26,27). The number of carboxylic acid groups (broad SMARTS) is 1. The van der Waals surface area contributed by atoms with Crippen molar-refractivity contribution in [2.24, 2.45) is 0 Å². The van der Waals surface area contributed by atoms with Crippen molar-refractivity contribution in [1.82, 2.24) is 14.9 Å².